The first kappa shape index (κ1) is 12.5. The fourth-order valence-electron chi connectivity index (χ4n) is 2.28. The number of fused-ring (bicyclic) bond motifs is 3. The van der Waals surface area contributed by atoms with Crippen molar-refractivity contribution in [3.05, 3.63) is 14.4 Å². The molecule has 96 valence electrons. The van der Waals surface area contributed by atoms with Crippen LogP contribution in [0.5, 0.6) is 0 Å². The van der Waals surface area contributed by atoms with Gasteiger partial charge in [-0.1, -0.05) is 25.2 Å². The van der Waals surface area contributed by atoms with Gasteiger partial charge >= 0.3 is 0 Å². The minimum absolute atomic E-state index is 0.280. The van der Waals surface area contributed by atoms with Gasteiger partial charge in [0, 0.05) is 16.7 Å². The van der Waals surface area contributed by atoms with E-state index >= 15 is 0 Å². The lowest BCUT2D eigenvalue weighted by Crippen LogP contribution is -2.26. The number of hydrogen-bond donors (Lipinski definition) is 1. The summed E-state index contributed by atoms with van der Waals surface area (Å²) < 4.78 is 6.50. The molecule has 2 aromatic heterocycles. The Kier molecular flexibility index (Phi) is 3.13. The van der Waals surface area contributed by atoms with E-state index in [9.17, 15) is 0 Å². The molecule has 2 N–H and O–H groups in total. The molecule has 0 aliphatic carbocycles. The molecule has 1 aliphatic heterocycles. The molecule has 2 aromatic rings. The third-order valence-corrected chi connectivity index (χ3v) is 5.42. The van der Waals surface area contributed by atoms with Crippen LogP contribution >= 0.6 is 34.9 Å². The zero-order valence-electron chi connectivity index (χ0n) is 10.2. The van der Waals surface area contributed by atoms with Gasteiger partial charge in [0.05, 0.1) is 17.7 Å². The number of aromatic nitrogens is 1. The predicted molar refractivity (Wildman–Crippen MR) is 79.9 cm³/mol. The molecule has 3 heterocycles. The molecular weight excluding hydrogens is 284 g/mol. The van der Waals surface area contributed by atoms with Crippen LogP contribution in [0.15, 0.2) is 0 Å². The lowest BCUT2D eigenvalue weighted by Gasteiger charge is -2.26. The maximum Gasteiger partial charge on any atom is 0.183 e. The van der Waals surface area contributed by atoms with Gasteiger partial charge in [-0.2, -0.15) is 0 Å². The molecule has 18 heavy (non-hydrogen) atoms. The number of rotatable bonds is 1. The Labute approximate surface area is 119 Å². The fraction of sp³-hybridized carbons (Fsp3) is 0.500. The van der Waals surface area contributed by atoms with Crippen molar-refractivity contribution in [1.82, 2.24) is 4.98 Å². The maximum absolute atomic E-state index is 6.12. The van der Waals surface area contributed by atoms with Gasteiger partial charge in [0.25, 0.3) is 0 Å². The molecule has 0 saturated heterocycles. The van der Waals surface area contributed by atoms with E-state index in [1.54, 1.807) is 11.3 Å². The van der Waals surface area contributed by atoms with Crippen LogP contribution in [0.3, 0.4) is 0 Å². The van der Waals surface area contributed by atoms with Crippen LogP contribution in [0.2, 0.25) is 0 Å². The number of thiophene rings is 1. The zero-order chi connectivity index (χ0) is 12.9. The summed E-state index contributed by atoms with van der Waals surface area (Å²) in [5, 5.41) is 1.91. The molecule has 1 aliphatic rings. The van der Waals surface area contributed by atoms with Crippen LogP contribution in [0.25, 0.3) is 10.2 Å². The van der Waals surface area contributed by atoms with Gasteiger partial charge in [-0.25, -0.2) is 4.98 Å². The van der Waals surface area contributed by atoms with Crippen LogP contribution in [-0.4, -0.2) is 11.1 Å². The number of hydrogen-bond acceptors (Lipinski definition) is 6. The van der Waals surface area contributed by atoms with E-state index in [0.717, 1.165) is 21.6 Å². The van der Waals surface area contributed by atoms with Crippen molar-refractivity contribution in [2.75, 3.05) is 5.73 Å². The van der Waals surface area contributed by atoms with Crippen molar-refractivity contribution in [1.29, 1.82) is 0 Å². The smallest absolute Gasteiger partial charge is 0.183 e. The molecule has 0 fully saturated rings. The van der Waals surface area contributed by atoms with Crippen LogP contribution < -0.4 is 5.73 Å². The normalized spacial score (nSPS) is 19.4. The molecule has 0 unspecified atom stereocenters. The maximum atomic E-state index is 6.12. The summed E-state index contributed by atoms with van der Waals surface area (Å²) in [4.78, 5) is 6.65. The Morgan fingerprint density at radius 2 is 2.22 bits per heavy atom. The van der Waals surface area contributed by atoms with E-state index in [1.807, 2.05) is 0 Å². The van der Waals surface area contributed by atoms with Crippen LogP contribution in [0.4, 0.5) is 5.00 Å². The van der Waals surface area contributed by atoms with E-state index in [2.05, 4.69) is 18.8 Å². The highest BCUT2D eigenvalue weighted by Crippen LogP contribution is 2.40. The van der Waals surface area contributed by atoms with Crippen LogP contribution in [-0.2, 0) is 17.8 Å². The van der Waals surface area contributed by atoms with E-state index in [1.165, 1.54) is 21.8 Å². The summed E-state index contributed by atoms with van der Waals surface area (Å²) in [6.45, 7) is 5.06. The van der Waals surface area contributed by atoms with Crippen molar-refractivity contribution in [3.8, 4) is 0 Å². The Bertz CT molecular complexity index is 659. The van der Waals surface area contributed by atoms with E-state index in [4.69, 9.17) is 22.7 Å². The largest absolute Gasteiger partial charge is 0.390 e. The van der Waals surface area contributed by atoms with Gasteiger partial charge in [-0.05, 0) is 23.7 Å². The lowest BCUT2D eigenvalue weighted by atomic mass is 9.96. The lowest BCUT2D eigenvalue weighted by molar-refractivity contribution is 0.00203. The number of anilines is 1. The second-order valence-electron chi connectivity index (χ2n) is 4.83. The highest BCUT2D eigenvalue weighted by molar-refractivity contribution is 7.73. The summed E-state index contributed by atoms with van der Waals surface area (Å²) >= 11 is 8.20. The number of ether oxygens (including phenoxy) is 1. The first-order valence-electron chi connectivity index (χ1n) is 5.88. The third kappa shape index (κ3) is 1.97. The quantitative estimate of drug-likeness (QED) is 0.814. The first-order valence-corrected chi connectivity index (χ1v) is 7.93. The molecule has 0 saturated carbocycles. The minimum atomic E-state index is 0.280. The van der Waals surface area contributed by atoms with Gasteiger partial charge in [0.1, 0.15) is 4.83 Å². The summed E-state index contributed by atoms with van der Waals surface area (Å²) in [6.07, 6.45) is 1.21. The molecule has 0 radical (unpaired) electrons. The molecule has 3 nitrogen and oxygen atoms in total. The van der Waals surface area contributed by atoms with E-state index in [-0.39, 0.29) is 6.10 Å². The average molecular weight is 298 g/mol. The highest BCUT2D eigenvalue weighted by Gasteiger charge is 2.26. The minimum Gasteiger partial charge on any atom is -0.390 e. The topological polar surface area (TPSA) is 48.1 Å². The number of nitrogens with zero attached hydrogens (tertiary/aromatic N) is 1. The average Bonchev–Trinajstić information content (AvgIpc) is 2.65. The van der Waals surface area contributed by atoms with Crippen molar-refractivity contribution < 1.29 is 4.74 Å². The van der Waals surface area contributed by atoms with E-state index < -0.39 is 0 Å². The SMILES string of the molecule is CC(C)[C@H]1Cc2c(sc3nc(=S)sc(N)c23)CO1. The Morgan fingerprint density at radius 1 is 1.44 bits per heavy atom. The van der Waals surface area contributed by atoms with Crippen molar-refractivity contribution in [2.45, 2.75) is 33.0 Å². The molecular formula is C12H14N2OS3. The van der Waals surface area contributed by atoms with Crippen molar-refractivity contribution in [2.24, 2.45) is 5.92 Å². The Balaban J connectivity index is 2.18. The van der Waals surface area contributed by atoms with Crippen LogP contribution in [0.1, 0.15) is 24.3 Å². The standard InChI is InChI=1S/C12H14N2OS3/c1-5(2)7-3-6-8(4-15-7)17-11-9(6)10(13)18-12(16)14-11/h5,7H,3-4,13H2,1-2H3/t7-/m1/s1. The summed E-state index contributed by atoms with van der Waals surface area (Å²) in [7, 11) is 0. The number of nitrogen functional groups attached to an aromatic ring is 1. The van der Waals surface area contributed by atoms with Crippen molar-refractivity contribution >= 4 is 50.1 Å². The van der Waals surface area contributed by atoms with Crippen molar-refractivity contribution in [3.63, 3.8) is 0 Å². The zero-order valence-corrected chi connectivity index (χ0v) is 12.7. The Hall–Kier alpha value is -0.560. The highest BCUT2D eigenvalue weighted by atomic mass is 32.1. The predicted octanol–water partition coefficient (Wildman–Crippen LogP) is 3.77. The van der Waals surface area contributed by atoms with Gasteiger partial charge in [0.2, 0.25) is 0 Å². The molecule has 3 rings (SSSR count). The first-order chi connectivity index (χ1) is 8.56. The monoisotopic (exact) mass is 298 g/mol. The van der Waals surface area contributed by atoms with Gasteiger partial charge in [-0.15, -0.1) is 11.3 Å². The molecule has 0 bridgehead atoms. The Morgan fingerprint density at radius 3 is 2.94 bits per heavy atom. The molecule has 0 amide bonds. The summed E-state index contributed by atoms with van der Waals surface area (Å²) in [5.41, 5.74) is 7.45. The van der Waals surface area contributed by atoms with Gasteiger partial charge in [-0.3, -0.25) is 0 Å². The van der Waals surface area contributed by atoms with Gasteiger partial charge in [0.15, 0.2) is 3.95 Å². The summed E-state index contributed by atoms with van der Waals surface area (Å²) in [6, 6.07) is 0. The fourth-order valence-corrected chi connectivity index (χ4v) is 4.61. The molecule has 0 spiro atoms. The number of nitrogens with two attached hydrogens (primary N) is 1. The summed E-state index contributed by atoms with van der Waals surface area (Å²) in [5.74, 6) is 0.518. The third-order valence-electron chi connectivity index (χ3n) is 3.29. The second-order valence-corrected chi connectivity index (χ2v) is 7.58. The van der Waals surface area contributed by atoms with Gasteiger partial charge < -0.3 is 10.5 Å². The molecule has 6 heteroatoms. The molecule has 1 atom stereocenters. The van der Waals surface area contributed by atoms with E-state index in [0.29, 0.717) is 16.5 Å². The second kappa shape index (κ2) is 4.52. The molecule has 0 aromatic carbocycles. The van der Waals surface area contributed by atoms with Crippen LogP contribution in [0, 0.1) is 9.87 Å².